The number of alkyl halides is 2. The van der Waals surface area contributed by atoms with Gasteiger partial charge in [-0.3, -0.25) is 4.68 Å². The highest BCUT2D eigenvalue weighted by molar-refractivity contribution is 6.31. The Morgan fingerprint density at radius 1 is 1.33 bits per heavy atom. The molecule has 21 heavy (non-hydrogen) atoms. The smallest absolute Gasteiger partial charge is 0.387 e. The van der Waals surface area contributed by atoms with E-state index in [2.05, 4.69) is 9.84 Å². The van der Waals surface area contributed by atoms with Gasteiger partial charge in [0.1, 0.15) is 11.9 Å². The number of benzene rings is 1. The quantitative estimate of drug-likeness (QED) is 0.912. The van der Waals surface area contributed by atoms with E-state index >= 15 is 0 Å². The Hall–Kier alpha value is -1.66. The van der Waals surface area contributed by atoms with Gasteiger partial charge in [0.05, 0.1) is 16.9 Å². The van der Waals surface area contributed by atoms with Crippen LogP contribution in [-0.2, 0) is 0 Å². The monoisotopic (exact) mass is 316 g/mol. The van der Waals surface area contributed by atoms with Gasteiger partial charge in [0, 0.05) is 6.04 Å². The number of hydrogen-bond donors (Lipinski definition) is 1. The van der Waals surface area contributed by atoms with Crippen molar-refractivity contribution in [3.8, 4) is 5.75 Å². The third-order valence-corrected chi connectivity index (χ3v) is 3.23. The molecule has 1 unspecified atom stereocenters. The molecule has 2 rings (SSSR count). The molecule has 0 saturated heterocycles. The van der Waals surface area contributed by atoms with Gasteiger partial charge in [0.15, 0.2) is 0 Å². The minimum atomic E-state index is -2.91. The second-order valence-electron chi connectivity index (χ2n) is 4.77. The molecule has 0 bridgehead atoms. The second-order valence-corrected chi connectivity index (χ2v) is 5.18. The minimum Gasteiger partial charge on any atom is -0.435 e. The third kappa shape index (κ3) is 3.51. The summed E-state index contributed by atoms with van der Waals surface area (Å²) in [5.74, 6) is -0.0201. The number of hydrogen-bond acceptors (Lipinski definition) is 3. The molecule has 0 amide bonds. The fraction of sp³-hybridized carbons (Fsp3) is 0.357. The molecule has 114 valence electrons. The Morgan fingerprint density at radius 3 is 2.67 bits per heavy atom. The van der Waals surface area contributed by atoms with Crippen LogP contribution in [-0.4, -0.2) is 21.5 Å². The van der Waals surface area contributed by atoms with E-state index in [0.29, 0.717) is 16.3 Å². The van der Waals surface area contributed by atoms with Crippen molar-refractivity contribution in [1.82, 2.24) is 9.78 Å². The van der Waals surface area contributed by atoms with Gasteiger partial charge in [-0.2, -0.15) is 13.9 Å². The largest absolute Gasteiger partial charge is 0.435 e. The number of aliphatic hydroxyl groups excluding tert-OH is 1. The molecule has 0 aliphatic carbocycles. The van der Waals surface area contributed by atoms with E-state index in [-0.39, 0.29) is 11.8 Å². The van der Waals surface area contributed by atoms with Crippen molar-refractivity contribution < 1.29 is 18.6 Å². The zero-order valence-electron chi connectivity index (χ0n) is 11.5. The number of aliphatic hydroxyl groups is 1. The first-order valence-corrected chi connectivity index (χ1v) is 6.73. The predicted octanol–water partition coefficient (Wildman–Crippen LogP) is 3.80. The Labute approximate surface area is 125 Å². The van der Waals surface area contributed by atoms with Crippen LogP contribution in [0.3, 0.4) is 0 Å². The molecule has 0 saturated carbocycles. The van der Waals surface area contributed by atoms with E-state index < -0.39 is 12.7 Å². The van der Waals surface area contributed by atoms with Gasteiger partial charge in [0.2, 0.25) is 0 Å². The van der Waals surface area contributed by atoms with E-state index in [4.69, 9.17) is 11.6 Å². The molecule has 7 heteroatoms. The maximum absolute atomic E-state index is 12.2. The zero-order valence-corrected chi connectivity index (χ0v) is 12.3. The van der Waals surface area contributed by atoms with Crippen LogP contribution in [0.15, 0.2) is 30.5 Å². The number of ether oxygens (including phenoxy) is 1. The van der Waals surface area contributed by atoms with Gasteiger partial charge in [-0.15, -0.1) is 0 Å². The highest BCUT2D eigenvalue weighted by atomic mass is 35.5. The molecular weight excluding hydrogens is 302 g/mol. The Morgan fingerprint density at radius 2 is 2.05 bits per heavy atom. The average molecular weight is 317 g/mol. The lowest BCUT2D eigenvalue weighted by atomic mass is 10.1. The summed E-state index contributed by atoms with van der Waals surface area (Å²) in [6.45, 7) is 0.883. The van der Waals surface area contributed by atoms with E-state index in [1.165, 1.54) is 24.4 Å². The molecule has 2 aromatic rings. The van der Waals surface area contributed by atoms with Crippen LogP contribution in [0.4, 0.5) is 8.78 Å². The van der Waals surface area contributed by atoms with Gasteiger partial charge in [0.25, 0.3) is 0 Å². The molecule has 1 atom stereocenters. The van der Waals surface area contributed by atoms with E-state index in [9.17, 15) is 13.9 Å². The topological polar surface area (TPSA) is 47.3 Å². The fourth-order valence-electron chi connectivity index (χ4n) is 2.04. The molecule has 1 aromatic heterocycles. The van der Waals surface area contributed by atoms with Crippen LogP contribution in [0.5, 0.6) is 5.75 Å². The van der Waals surface area contributed by atoms with Gasteiger partial charge in [-0.25, -0.2) is 0 Å². The molecule has 1 aromatic carbocycles. The lowest BCUT2D eigenvalue weighted by Gasteiger charge is -2.17. The molecule has 4 nitrogen and oxygen atoms in total. The van der Waals surface area contributed by atoms with E-state index in [1.54, 1.807) is 10.7 Å². The molecule has 0 aliphatic rings. The summed E-state index contributed by atoms with van der Waals surface area (Å²) in [5, 5.41) is 14.9. The van der Waals surface area contributed by atoms with Crippen LogP contribution in [0.1, 0.15) is 37.3 Å². The summed E-state index contributed by atoms with van der Waals surface area (Å²) in [4.78, 5) is 0. The van der Waals surface area contributed by atoms with Gasteiger partial charge in [-0.1, -0.05) is 23.7 Å². The summed E-state index contributed by atoms with van der Waals surface area (Å²) in [6, 6.07) is 5.88. The van der Waals surface area contributed by atoms with Crippen molar-refractivity contribution in [2.45, 2.75) is 32.6 Å². The van der Waals surface area contributed by atoms with Crippen LogP contribution < -0.4 is 4.74 Å². The summed E-state index contributed by atoms with van der Waals surface area (Å²) in [5.41, 5.74) is 0.818. The maximum Gasteiger partial charge on any atom is 0.387 e. The Bertz CT molecular complexity index is 617. The van der Waals surface area contributed by atoms with Crippen LogP contribution in [0.25, 0.3) is 0 Å². The first kappa shape index (κ1) is 15.7. The zero-order chi connectivity index (χ0) is 15.6. The molecule has 0 fully saturated rings. The van der Waals surface area contributed by atoms with Crippen LogP contribution in [0.2, 0.25) is 5.02 Å². The molecule has 0 spiro atoms. The Balaban J connectivity index is 2.36. The fourth-order valence-corrected chi connectivity index (χ4v) is 2.27. The van der Waals surface area contributed by atoms with E-state index in [1.807, 2.05) is 13.8 Å². The van der Waals surface area contributed by atoms with Gasteiger partial charge in [-0.05, 0) is 31.5 Å². The van der Waals surface area contributed by atoms with Gasteiger partial charge < -0.3 is 9.84 Å². The molecule has 0 aliphatic heterocycles. The molecule has 1 heterocycles. The number of aromatic nitrogens is 2. The standard InChI is InChI=1S/C14H15ClF2N2O2/c1-8(2)19-12(11(15)7-18-19)13(20)9-4-3-5-10(6-9)21-14(16)17/h3-8,13-14,20H,1-2H3. The van der Waals surface area contributed by atoms with E-state index in [0.717, 1.165) is 0 Å². The maximum atomic E-state index is 12.2. The van der Waals surface area contributed by atoms with Crippen LogP contribution >= 0.6 is 11.6 Å². The highest BCUT2D eigenvalue weighted by Gasteiger charge is 2.22. The second kappa shape index (κ2) is 6.41. The van der Waals surface area contributed by atoms with Crippen molar-refractivity contribution in [1.29, 1.82) is 0 Å². The average Bonchev–Trinajstić information content (AvgIpc) is 2.79. The normalized spacial score (nSPS) is 13.0. The summed E-state index contributed by atoms with van der Waals surface area (Å²) in [6.07, 6.45) is 0.364. The lowest BCUT2D eigenvalue weighted by Crippen LogP contribution is -2.13. The third-order valence-electron chi connectivity index (χ3n) is 2.93. The van der Waals surface area contributed by atoms with Crippen molar-refractivity contribution in [3.63, 3.8) is 0 Å². The molecular formula is C14H15ClF2N2O2. The Kier molecular flexibility index (Phi) is 4.80. The summed E-state index contributed by atoms with van der Waals surface area (Å²) >= 11 is 6.06. The van der Waals surface area contributed by atoms with Gasteiger partial charge >= 0.3 is 6.61 Å². The molecule has 1 N–H and O–H groups in total. The van der Waals surface area contributed by atoms with Crippen molar-refractivity contribution in [3.05, 3.63) is 46.7 Å². The summed E-state index contributed by atoms with van der Waals surface area (Å²) < 4.78 is 30.4. The van der Waals surface area contributed by atoms with Crippen molar-refractivity contribution >= 4 is 11.6 Å². The summed E-state index contributed by atoms with van der Waals surface area (Å²) in [7, 11) is 0. The number of halogens is 3. The number of rotatable bonds is 5. The highest BCUT2D eigenvalue weighted by Crippen LogP contribution is 2.31. The predicted molar refractivity (Wildman–Crippen MR) is 74.8 cm³/mol. The number of nitrogens with zero attached hydrogens (tertiary/aromatic N) is 2. The van der Waals surface area contributed by atoms with Crippen molar-refractivity contribution in [2.24, 2.45) is 0 Å². The minimum absolute atomic E-state index is 0.00245. The first-order chi connectivity index (χ1) is 9.90. The first-order valence-electron chi connectivity index (χ1n) is 6.36. The molecule has 0 radical (unpaired) electrons. The van der Waals surface area contributed by atoms with Crippen molar-refractivity contribution in [2.75, 3.05) is 0 Å². The lowest BCUT2D eigenvalue weighted by molar-refractivity contribution is -0.0499. The SMILES string of the molecule is CC(C)n1ncc(Cl)c1C(O)c1cccc(OC(F)F)c1. The van der Waals surface area contributed by atoms with Crippen LogP contribution in [0, 0.1) is 0 Å².